The molecular weight excluding hydrogens is 385 g/mol. The molecular formula is C20H38GeN2OSi. The molecule has 3 nitrogen and oxygen atoms in total. The van der Waals surface area contributed by atoms with E-state index in [4.69, 9.17) is 4.42 Å². The van der Waals surface area contributed by atoms with E-state index in [-0.39, 0.29) is 5.54 Å². The Bertz CT molecular complexity index is 533. The van der Waals surface area contributed by atoms with Gasteiger partial charge in [-0.25, -0.2) is 0 Å². The summed E-state index contributed by atoms with van der Waals surface area (Å²) in [5, 5.41) is 5.26. The first-order valence-electron chi connectivity index (χ1n) is 10.1. The normalized spacial score (nSPS) is 20.8. The molecule has 142 valence electrons. The number of hydrogen-bond acceptors (Lipinski definition) is 3. The van der Waals surface area contributed by atoms with Crippen molar-refractivity contribution >= 4 is 32.8 Å². The second-order valence-electron chi connectivity index (χ2n) is 8.28. The Balaban J connectivity index is 2.10. The van der Waals surface area contributed by atoms with Crippen LogP contribution in [0.3, 0.4) is 0 Å². The molecule has 1 fully saturated rings. The van der Waals surface area contributed by atoms with Gasteiger partial charge < -0.3 is 0 Å². The molecule has 0 saturated carbocycles. The molecule has 1 unspecified atom stereocenters. The van der Waals surface area contributed by atoms with Gasteiger partial charge in [-0.3, -0.25) is 0 Å². The third-order valence-corrected chi connectivity index (χ3v) is 19.6. The molecule has 2 heterocycles. The second-order valence-corrected chi connectivity index (χ2v) is 20.6. The molecule has 0 N–H and O–H groups in total. The van der Waals surface area contributed by atoms with E-state index in [2.05, 4.69) is 70.5 Å². The van der Waals surface area contributed by atoms with Crippen LogP contribution in [0.15, 0.2) is 16.5 Å². The fraction of sp³-hybridized carbons (Fsp3) is 0.800. The van der Waals surface area contributed by atoms with Gasteiger partial charge in [0.2, 0.25) is 0 Å². The molecule has 1 atom stereocenters. The third kappa shape index (κ3) is 4.63. The molecule has 1 aliphatic rings. The van der Waals surface area contributed by atoms with Gasteiger partial charge in [0, 0.05) is 0 Å². The van der Waals surface area contributed by atoms with Crippen molar-refractivity contribution in [2.45, 2.75) is 74.9 Å². The van der Waals surface area contributed by atoms with Gasteiger partial charge in [-0.05, 0) is 0 Å². The Kier molecular flexibility index (Phi) is 7.45. The SMILES string of the molecule is CCC([Si]c1cc[c]([Ge]([CH2]C)([CH2]C)[CH2]C)o1)N1CCN(C)C(C)(C)C1. The average molecular weight is 423 g/mol. The molecule has 0 bridgehead atoms. The van der Waals surface area contributed by atoms with Crippen LogP contribution in [0.2, 0.25) is 15.8 Å². The third-order valence-electron chi connectivity index (χ3n) is 6.64. The van der Waals surface area contributed by atoms with Crippen molar-refractivity contribution < 1.29 is 4.42 Å². The molecule has 1 saturated heterocycles. The van der Waals surface area contributed by atoms with Gasteiger partial charge >= 0.3 is 161 Å². The van der Waals surface area contributed by atoms with E-state index in [0.717, 1.165) is 22.6 Å². The molecule has 0 aliphatic carbocycles. The fourth-order valence-electron chi connectivity index (χ4n) is 4.13. The summed E-state index contributed by atoms with van der Waals surface area (Å²) < 4.78 is 7.87. The zero-order valence-electron chi connectivity index (χ0n) is 17.5. The molecule has 1 aliphatic heterocycles. The van der Waals surface area contributed by atoms with Crippen molar-refractivity contribution in [2.75, 3.05) is 26.7 Å². The summed E-state index contributed by atoms with van der Waals surface area (Å²) in [6, 6.07) is 4.62. The standard InChI is InChI=1S/C20H38GeN2OSi/c1-8-18(23-15-14-22(7)20(5,6)16-23)25-19-13-12-17(24-19)21(9-2,10-3)11-4/h12-13,18H,8-11,14-16H2,1-7H3. The quantitative estimate of drug-likeness (QED) is 0.600. The van der Waals surface area contributed by atoms with Crippen molar-refractivity contribution in [3.8, 4) is 0 Å². The van der Waals surface area contributed by atoms with Crippen LogP contribution in [0, 0.1) is 0 Å². The van der Waals surface area contributed by atoms with Gasteiger partial charge in [0.25, 0.3) is 0 Å². The van der Waals surface area contributed by atoms with E-state index in [0.29, 0.717) is 5.67 Å². The molecule has 0 aromatic carbocycles. The van der Waals surface area contributed by atoms with Crippen LogP contribution >= 0.6 is 0 Å². The summed E-state index contributed by atoms with van der Waals surface area (Å²) in [7, 11) is 3.02. The van der Waals surface area contributed by atoms with Crippen LogP contribution in [0.5, 0.6) is 0 Å². The summed E-state index contributed by atoms with van der Waals surface area (Å²) in [5.41, 5.74) is 0.889. The van der Waals surface area contributed by atoms with Crippen LogP contribution in [0.4, 0.5) is 0 Å². The van der Waals surface area contributed by atoms with Crippen LogP contribution in [0.25, 0.3) is 0 Å². The summed E-state index contributed by atoms with van der Waals surface area (Å²) >= 11 is -1.95. The topological polar surface area (TPSA) is 19.6 Å². The molecule has 0 amide bonds. The first kappa shape index (κ1) is 21.3. The number of furan rings is 1. The van der Waals surface area contributed by atoms with Gasteiger partial charge in [0.15, 0.2) is 0 Å². The van der Waals surface area contributed by atoms with Crippen molar-refractivity contribution in [3.05, 3.63) is 12.1 Å². The van der Waals surface area contributed by atoms with Crippen LogP contribution in [-0.4, -0.2) is 70.5 Å². The molecule has 25 heavy (non-hydrogen) atoms. The summed E-state index contributed by atoms with van der Waals surface area (Å²) in [5.74, 6) is 0. The van der Waals surface area contributed by atoms with Gasteiger partial charge in [-0.1, -0.05) is 0 Å². The summed E-state index contributed by atoms with van der Waals surface area (Å²) in [4.78, 5) is 5.20. The summed E-state index contributed by atoms with van der Waals surface area (Å²) in [6.45, 7) is 17.7. The Hall–Kier alpha value is -0.0403. The van der Waals surface area contributed by atoms with Crippen molar-refractivity contribution in [2.24, 2.45) is 0 Å². The van der Waals surface area contributed by atoms with Crippen LogP contribution in [0.1, 0.15) is 48.0 Å². The number of rotatable bonds is 8. The monoisotopic (exact) mass is 424 g/mol. The number of nitrogens with zero attached hydrogens (tertiary/aromatic N) is 2. The Labute approximate surface area is 160 Å². The van der Waals surface area contributed by atoms with Crippen molar-refractivity contribution in [1.29, 1.82) is 0 Å². The van der Waals surface area contributed by atoms with Crippen LogP contribution < -0.4 is 9.98 Å². The summed E-state index contributed by atoms with van der Waals surface area (Å²) in [6.07, 6.45) is 1.20. The predicted molar refractivity (Wildman–Crippen MR) is 113 cm³/mol. The number of hydrogen-bond donors (Lipinski definition) is 0. The van der Waals surface area contributed by atoms with Crippen molar-refractivity contribution in [1.82, 2.24) is 9.80 Å². The van der Waals surface area contributed by atoms with Gasteiger partial charge in [0.05, 0.1) is 0 Å². The van der Waals surface area contributed by atoms with Gasteiger partial charge in [-0.2, -0.15) is 0 Å². The van der Waals surface area contributed by atoms with E-state index in [1.807, 2.05) is 0 Å². The minimum absolute atomic E-state index is 0.265. The average Bonchev–Trinajstić information content (AvgIpc) is 3.06. The number of piperazine rings is 1. The van der Waals surface area contributed by atoms with Gasteiger partial charge in [-0.15, -0.1) is 0 Å². The maximum absolute atomic E-state index is 6.48. The van der Waals surface area contributed by atoms with Crippen LogP contribution in [-0.2, 0) is 0 Å². The molecule has 5 heteroatoms. The van der Waals surface area contributed by atoms with Gasteiger partial charge in [0.1, 0.15) is 0 Å². The predicted octanol–water partition coefficient (Wildman–Crippen LogP) is 3.09. The van der Waals surface area contributed by atoms with E-state index >= 15 is 0 Å². The van der Waals surface area contributed by atoms with E-state index in [1.165, 1.54) is 38.7 Å². The number of likely N-dealkylation sites (N-methyl/N-ethyl adjacent to an activating group) is 1. The minimum atomic E-state index is -1.95. The van der Waals surface area contributed by atoms with E-state index in [9.17, 15) is 0 Å². The molecule has 1 aromatic rings. The Morgan fingerprint density at radius 3 is 2.28 bits per heavy atom. The first-order chi connectivity index (χ1) is 11.8. The zero-order valence-corrected chi connectivity index (χ0v) is 20.6. The second kappa shape index (κ2) is 8.77. The fourth-order valence-corrected chi connectivity index (χ4v) is 12.6. The Morgan fingerprint density at radius 1 is 1.12 bits per heavy atom. The van der Waals surface area contributed by atoms with Crippen molar-refractivity contribution in [3.63, 3.8) is 0 Å². The first-order valence-corrected chi connectivity index (χ1v) is 16.7. The zero-order chi connectivity index (χ0) is 18.7. The molecule has 1 aromatic heterocycles. The Morgan fingerprint density at radius 2 is 1.76 bits per heavy atom. The van der Waals surface area contributed by atoms with E-state index in [1.54, 1.807) is 0 Å². The maximum atomic E-state index is 6.48. The van der Waals surface area contributed by atoms with E-state index < -0.39 is 13.3 Å². The molecule has 2 rings (SSSR count). The molecule has 2 radical (unpaired) electrons. The molecule has 0 spiro atoms.